The van der Waals surface area contributed by atoms with Gasteiger partial charge in [-0.25, -0.2) is 0 Å². The molecule has 3 nitrogen and oxygen atoms in total. The molecule has 0 spiro atoms. The van der Waals surface area contributed by atoms with Crippen molar-refractivity contribution in [2.45, 2.75) is 0 Å². The number of benzene rings is 1. The number of hydrogen-bond donors (Lipinski definition) is 1. The van der Waals surface area contributed by atoms with Crippen LogP contribution in [0.25, 0.3) is 10.4 Å². The van der Waals surface area contributed by atoms with Crippen LogP contribution in [0.15, 0.2) is 30.3 Å². The lowest BCUT2D eigenvalue weighted by Crippen LogP contribution is -1.86. The minimum atomic E-state index is 0. The monoisotopic (exact) mass is 213 g/mol. The van der Waals surface area contributed by atoms with Gasteiger partial charge in [0.25, 0.3) is 0 Å². The van der Waals surface area contributed by atoms with Crippen molar-refractivity contribution in [3.8, 4) is 10.4 Å². The number of anilines is 1. The van der Waals surface area contributed by atoms with Gasteiger partial charge < -0.3 is 5.73 Å². The average molecular weight is 214 g/mol. The molecule has 0 aliphatic rings. The van der Waals surface area contributed by atoms with E-state index in [9.17, 15) is 0 Å². The van der Waals surface area contributed by atoms with E-state index in [1.165, 1.54) is 11.5 Å². The predicted molar refractivity (Wildman–Crippen MR) is 57.0 cm³/mol. The van der Waals surface area contributed by atoms with Crippen molar-refractivity contribution in [3.05, 3.63) is 30.3 Å². The van der Waals surface area contributed by atoms with Crippen molar-refractivity contribution in [1.82, 2.24) is 9.59 Å². The first-order valence-electron chi connectivity index (χ1n) is 3.51. The summed E-state index contributed by atoms with van der Waals surface area (Å²) >= 11 is 1.32. The first kappa shape index (κ1) is 9.95. The van der Waals surface area contributed by atoms with Gasteiger partial charge in [-0.15, -0.1) is 17.5 Å². The van der Waals surface area contributed by atoms with Crippen LogP contribution in [0, 0.1) is 0 Å². The highest BCUT2D eigenvalue weighted by atomic mass is 35.5. The molecule has 2 aromatic rings. The summed E-state index contributed by atoms with van der Waals surface area (Å²) < 4.78 is 3.76. The molecule has 0 aliphatic carbocycles. The van der Waals surface area contributed by atoms with Crippen LogP contribution in [0.5, 0.6) is 0 Å². The van der Waals surface area contributed by atoms with E-state index in [0.29, 0.717) is 5.82 Å². The largest absolute Gasteiger partial charge is 0.381 e. The minimum Gasteiger partial charge on any atom is -0.381 e. The molecule has 13 heavy (non-hydrogen) atoms. The zero-order valence-electron chi connectivity index (χ0n) is 6.68. The Morgan fingerprint density at radius 1 is 1.15 bits per heavy atom. The summed E-state index contributed by atoms with van der Waals surface area (Å²) in [5.74, 6) is 0.506. The van der Waals surface area contributed by atoms with Crippen LogP contribution < -0.4 is 5.73 Å². The first-order chi connectivity index (χ1) is 5.88. The van der Waals surface area contributed by atoms with Crippen molar-refractivity contribution in [1.29, 1.82) is 0 Å². The van der Waals surface area contributed by atoms with E-state index in [1.54, 1.807) is 0 Å². The van der Waals surface area contributed by atoms with Crippen LogP contribution in [0.4, 0.5) is 5.82 Å². The Morgan fingerprint density at radius 3 is 2.38 bits per heavy atom. The maximum atomic E-state index is 5.61. The standard InChI is InChI=1S/C8H7N3S.ClH/c9-8-7(12-11-10-8)6-4-2-1-3-5-6;/h1-5H,9H2;1H. The number of halogens is 1. The Labute approximate surface area is 86.2 Å². The van der Waals surface area contributed by atoms with Crippen molar-refractivity contribution >= 4 is 29.8 Å². The second-order valence-electron chi connectivity index (χ2n) is 2.35. The summed E-state index contributed by atoms with van der Waals surface area (Å²) in [6, 6.07) is 9.88. The fourth-order valence-corrected chi connectivity index (χ4v) is 1.57. The quantitative estimate of drug-likeness (QED) is 0.790. The average Bonchev–Trinajstić information content (AvgIpc) is 2.53. The number of aromatic nitrogens is 2. The SMILES string of the molecule is Cl.Nc1nnsc1-c1ccccc1. The zero-order valence-corrected chi connectivity index (χ0v) is 8.31. The highest BCUT2D eigenvalue weighted by molar-refractivity contribution is 7.09. The Hall–Kier alpha value is -1.13. The molecule has 5 heteroatoms. The number of hydrogen-bond acceptors (Lipinski definition) is 4. The molecule has 2 rings (SSSR count). The third-order valence-corrected chi connectivity index (χ3v) is 2.34. The van der Waals surface area contributed by atoms with Gasteiger partial charge in [0.05, 0.1) is 4.88 Å². The highest BCUT2D eigenvalue weighted by Crippen LogP contribution is 2.26. The van der Waals surface area contributed by atoms with Crippen molar-refractivity contribution in [2.75, 3.05) is 5.73 Å². The Balaban J connectivity index is 0.000000845. The van der Waals surface area contributed by atoms with Crippen LogP contribution in [-0.2, 0) is 0 Å². The van der Waals surface area contributed by atoms with Crippen LogP contribution in [0.3, 0.4) is 0 Å². The van der Waals surface area contributed by atoms with Crippen molar-refractivity contribution in [3.63, 3.8) is 0 Å². The summed E-state index contributed by atoms with van der Waals surface area (Å²) in [7, 11) is 0. The van der Waals surface area contributed by atoms with E-state index in [0.717, 1.165) is 10.4 Å². The summed E-state index contributed by atoms with van der Waals surface area (Å²) in [6.45, 7) is 0. The highest BCUT2D eigenvalue weighted by Gasteiger charge is 2.04. The molecule has 0 fully saturated rings. The lowest BCUT2D eigenvalue weighted by atomic mass is 10.2. The van der Waals surface area contributed by atoms with Gasteiger partial charge in [-0.1, -0.05) is 34.8 Å². The van der Waals surface area contributed by atoms with Crippen molar-refractivity contribution < 1.29 is 0 Å². The van der Waals surface area contributed by atoms with Gasteiger partial charge in [0.1, 0.15) is 0 Å². The summed E-state index contributed by atoms with van der Waals surface area (Å²) in [5.41, 5.74) is 6.68. The molecular formula is C8H8ClN3S. The van der Waals surface area contributed by atoms with Crippen LogP contribution in [0.1, 0.15) is 0 Å². The molecule has 2 N–H and O–H groups in total. The molecule has 0 saturated heterocycles. The summed E-state index contributed by atoms with van der Waals surface area (Å²) in [4.78, 5) is 0.940. The van der Waals surface area contributed by atoms with E-state index < -0.39 is 0 Å². The summed E-state index contributed by atoms with van der Waals surface area (Å²) in [6.07, 6.45) is 0. The van der Waals surface area contributed by atoms with Gasteiger partial charge in [0, 0.05) is 0 Å². The van der Waals surface area contributed by atoms with Gasteiger partial charge in [-0.05, 0) is 17.1 Å². The molecule has 1 aromatic carbocycles. The lowest BCUT2D eigenvalue weighted by Gasteiger charge is -1.94. The van der Waals surface area contributed by atoms with Crippen molar-refractivity contribution in [2.24, 2.45) is 0 Å². The van der Waals surface area contributed by atoms with Crippen LogP contribution >= 0.6 is 23.9 Å². The van der Waals surface area contributed by atoms with E-state index >= 15 is 0 Å². The Bertz CT molecular complexity index is 374. The van der Waals surface area contributed by atoms with Crippen LogP contribution in [0.2, 0.25) is 0 Å². The van der Waals surface area contributed by atoms with Gasteiger partial charge >= 0.3 is 0 Å². The topological polar surface area (TPSA) is 51.8 Å². The molecule has 0 amide bonds. The minimum absolute atomic E-state index is 0. The smallest absolute Gasteiger partial charge is 0.166 e. The number of nitrogen functional groups attached to an aromatic ring is 1. The van der Waals surface area contributed by atoms with Crippen LogP contribution in [-0.4, -0.2) is 9.59 Å². The molecule has 1 heterocycles. The van der Waals surface area contributed by atoms with E-state index in [1.807, 2.05) is 30.3 Å². The maximum absolute atomic E-state index is 5.61. The first-order valence-corrected chi connectivity index (χ1v) is 4.28. The molecule has 0 bridgehead atoms. The molecule has 0 radical (unpaired) electrons. The molecule has 68 valence electrons. The van der Waals surface area contributed by atoms with Gasteiger partial charge in [0.15, 0.2) is 5.82 Å². The molecule has 1 aromatic heterocycles. The fourth-order valence-electron chi connectivity index (χ4n) is 0.988. The molecule has 0 saturated carbocycles. The molecular weight excluding hydrogens is 206 g/mol. The fraction of sp³-hybridized carbons (Fsp3) is 0. The molecule has 0 unspecified atom stereocenters. The maximum Gasteiger partial charge on any atom is 0.166 e. The number of nitrogens with zero attached hydrogens (tertiary/aromatic N) is 2. The Kier molecular flexibility index (Phi) is 3.22. The second kappa shape index (κ2) is 4.20. The van der Waals surface area contributed by atoms with E-state index in [2.05, 4.69) is 9.59 Å². The zero-order chi connectivity index (χ0) is 8.39. The second-order valence-corrected chi connectivity index (χ2v) is 3.11. The van der Waals surface area contributed by atoms with Gasteiger partial charge in [0.2, 0.25) is 0 Å². The Morgan fingerprint density at radius 2 is 1.85 bits per heavy atom. The van der Waals surface area contributed by atoms with E-state index in [-0.39, 0.29) is 12.4 Å². The molecule has 0 aliphatic heterocycles. The third kappa shape index (κ3) is 1.96. The molecule has 0 atom stereocenters. The van der Waals surface area contributed by atoms with Gasteiger partial charge in [-0.3, -0.25) is 0 Å². The third-order valence-electron chi connectivity index (χ3n) is 1.55. The van der Waals surface area contributed by atoms with Gasteiger partial charge in [-0.2, -0.15) is 0 Å². The van der Waals surface area contributed by atoms with E-state index in [4.69, 9.17) is 5.73 Å². The lowest BCUT2D eigenvalue weighted by molar-refractivity contribution is 1.17. The normalized spacial score (nSPS) is 9.23. The predicted octanol–water partition coefficient (Wildman–Crippen LogP) is 2.21. The number of nitrogens with two attached hydrogens (primary N) is 1. The summed E-state index contributed by atoms with van der Waals surface area (Å²) in [5, 5.41) is 3.74. The number of rotatable bonds is 1.